The Kier molecular flexibility index (Phi) is 4.50. The number of esters is 1. The quantitative estimate of drug-likeness (QED) is 0.457. The SMILES string of the molecule is CC(C)C1CCC(C)(OC(=O)C2(Cl)Cc3ccccc3C2=O)CC1. The van der Waals surface area contributed by atoms with E-state index in [1.165, 1.54) is 0 Å². The average Bonchev–Trinajstić information content (AvgIpc) is 2.80. The summed E-state index contributed by atoms with van der Waals surface area (Å²) >= 11 is 6.47. The molecular formula is C20H25ClO3. The smallest absolute Gasteiger partial charge is 0.336 e. The number of ether oxygens (including phenoxy) is 1. The molecule has 0 heterocycles. The first kappa shape index (κ1) is 17.5. The molecule has 1 aromatic rings. The maximum Gasteiger partial charge on any atom is 0.336 e. The van der Waals surface area contributed by atoms with Gasteiger partial charge in [-0.25, -0.2) is 4.79 Å². The third kappa shape index (κ3) is 2.99. The van der Waals surface area contributed by atoms with Gasteiger partial charge in [-0.05, 0) is 50.0 Å². The highest BCUT2D eigenvalue weighted by Gasteiger charge is 2.53. The Balaban J connectivity index is 1.71. The number of alkyl halides is 1. The van der Waals surface area contributed by atoms with Crippen molar-refractivity contribution in [2.24, 2.45) is 11.8 Å². The largest absolute Gasteiger partial charge is 0.458 e. The Morgan fingerprint density at radius 1 is 1.25 bits per heavy atom. The normalized spacial score (nSPS) is 32.7. The lowest BCUT2D eigenvalue weighted by Gasteiger charge is -2.39. The van der Waals surface area contributed by atoms with E-state index >= 15 is 0 Å². The van der Waals surface area contributed by atoms with E-state index in [0.717, 1.165) is 31.2 Å². The van der Waals surface area contributed by atoms with Crippen LogP contribution in [0.3, 0.4) is 0 Å². The van der Waals surface area contributed by atoms with Gasteiger partial charge in [-0.3, -0.25) is 4.79 Å². The summed E-state index contributed by atoms with van der Waals surface area (Å²) in [6, 6.07) is 7.22. The predicted octanol–water partition coefficient (Wildman–Crippen LogP) is 4.55. The van der Waals surface area contributed by atoms with Crippen LogP contribution in [-0.2, 0) is 16.0 Å². The monoisotopic (exact) mass is 348 g/mol. The number of carbonyl (C=O) groups excluding carboxylic acids is 2. The minimum absolute atomic E-state index is 0.215. The first-order valence-electron chi connectivity index (χ1n) is 8.80. The number of rotatable bonds is 3. The Morgan fingerprint density at radius 2 is 1.88 bits per heavy atom. The van der Waals surface area contributed by atoms with Crippen LogP contribution >= 0.6 is 11.6 Å². The summed E-state index contributed by atoms with van der Waals surface area (Å²) in [5.74, 6) is 0.412. The molecule has 0 spiro atoms. The molecule has 2 aliphatic rings. The van der Waals surface area contributed by atoms with Gasteiger partial charge in [0.05, 0.1) is 0 Å². The summed E-state index contributed by atoms with van der Waals surface area (Å²) < 4.78 is 5.80. The number of halogens is 1. The standard InChI is InChI=1S/C20H25ClO3/c1-13(2)14-8-10-19(3,11-9-14)24-18(23)20(21)12-15-6-4-5-7-16(15)17(20)22/h4-7,13-14H,8-12H2,1-3H3. The zero-order valence-corrected chi connectivity index (χ0v) is 15.4. The van der Waals surface area contributed by atoms with Crippen molar-refractivity contribution < 1.29 is 14.3 Å². The molecule has 24 heavy (non-hydrogen) atoms. The molecule has 0 N–H and O–H groups in total. The zero-order chi connectivity index (χ0) is 17.5. The molecule has 2 aliphatic carbocycles. The molecule has 1 saturated carbocycles. The molecule has 130 valence electrons. The predicted molar refractivity (Wildman–Crippen MR) is 94.4 cm³/mol. The molecular weight excluding hydrogens is 324 g/mol. The first-order chi connectivity index (χ1) is 11.3. The fraction of sp³-hybridized carbons (Fsp3) is 0.600. The lowest BCUT2D eigenvalue weighted by atomic mass is 9.75. The van der Waals surface area contributed by atoms with E-state index in [0.29, 0.717) is 17.4 Å². The van der Waals surface area contributed by atoms with Gasteiger partial charge >= 0.3 is 5.97 Å². The van der Waals surface area contributed by atoms with Crippen LogP contribution in [0.1, 0.15) is 62.4 Å². The summed E-state index contributed by atoms with van der Waals surface area (Å²) in [5, 5.41) is 0. The molecule has 1 aromatic carbocycles. The molecule has 1 fully saturated rings. The van der Waals surface area contributed by atoms with Gasteiger partial charge in [0.25, 0.3) is 0 Å². The van der Waals surface area contributed by atoms with Gasteiger partial charge in [0, 0.05) is 12.0 Å². The summed E-state index contributed by atoms with van der Waals surface area (Å²) in [4.78, 5) is 23.8. The number of Topliss-reactive ketones (excluding diaryl/α,β-unsaturated/α-hetero) is 1. The Morgan fingerprint density at radius 3 is 2.46 bits per heavy atom. The molecule has 0 aromatic heterocycles. The summed E-state index contributed by atoms with van der Waals surface area (Å²) in [6.07, 6.45) is 3.97. The van der Waals surface area contributed by atoms with E-state index in [-0.39, 0.29) is 12.2 Å². The minimum atomic E-state index is -1.60. The Bertz CT molecular complexity index is 659. The molecule has 1 atom stereocenters. The van der Waals surface area contributed by atoms with Gasteiger partial charge in [0.15, 0.2) is 5.78 Å². The van der Waals surface area contributed by atoms with Crippen LogP contribution in [0.2, 0.25) is 0 Å². The number of hydrogen-bond donors (Lipinski definition) is 0. The summed E-state index contributed by atoms with van der Waals surface area (Å²) in [5.41, 5.74) is 0.848. The number of carbonyl (C=O) groups is 2. The molecule has 4 heteroatoms. The van der Waals surface area contributed by atoms with E-state index in [9.17, 15) is 9.59 Å². The third-order valence-corrected chi connectivity index (χ3v) is 6.21. The fourth-order valence-electron chi connectivity index (χ4n) is 3.94. The fourth-order valence-corrected chi connectivity index (χ4v) is 4.23. The molecule has 0 bridgehead atoms. The highest BCUT2D eigenvalue weighted by atomic mass is 35.5. The molecule has 0 aliphatic heterocycles. The topological polar surface area (TPSA) is 43.4 Å². The maximum atomic E-state index is 12.8. The maximum absolute atomic E-state index is 12.8. The highest BCUT2D eigenvalue weighted by Crippen LogP contribution is 2.41. The van der Waals surface area contributed by atoms with Gasteiger partial charge in [-0.15, -0.1) is 0 Å². The van der Waals surface area contributed by atoms with Gasteiger partial charge in [0.2, 0.25) is 4.87 Å². The molecule has 0 amide bonds. The van der Waals surface area contributed by atoms with Crippen molar-refractivity contribution in [2.75, 3.05) is 0 Å². The molecule has 3 nitrogen and oxygen atoms in total. The molecule has 0 saturated heterocycles. The van der Waals surface area contributed by atoms with Gasteiger partial charge in [-0.1, -0.05) is 49.7 Å². The van der Waals surface area contributed by atoms with Crippen molar-refractivity contribution in [3.05, 3.63) is 35.4 Å². The van der Waals surface area contributed by atoms with Gasteiger partial charge in [-0.2, -0.15) is 0 Å². The van der Waals surface area contributed by atoms with E-state index in [1.807, 2.05) is 19.1 Å². The highest BCUT2D eigenvalue weighted by molar-refractivity contribution is 6.49. The average molecular weight is 349 g/mol. The molecule has 1 unspecified atom stereocenters. The molecule has 0 radical (unpaired) electrons. The second-order valence-corrected chi connectivity index (χ2v) is 8.53. The summed E-state index contributed by atoms with van der Waals surface area (Å²) in [6.45, 7) is 6.44. The van der Waals surface area contributed by atoms with Crippen LogP contribution in [-0.4, -0.2) is 22.2 Å². The van der Waals surface area contributed by atoms with Crippen molar-refractivity contribution >= 4 is 23.4 Å². The molecule has 3 rings (SSSR count). The van der Waals surface area contributed by atoms with E-state index in [1.54, 1.807) is 12.1 Å². The van der Waals surface area contributed by atoms with E-state index in [4.69, 9.17) is 16.3 Å². The van der Waals surface area contributed by atoms with Crippen molar-refractivity contribution in [1.82, 2.24) is 0 Å². The number of benzene rings is 1. The Hall–Kier alpha value is -1.35. The van der Waals surface area contributed by atoms with Crippen LogP contribution in [0.4, 0.5) is 0 Å². The lowest BCUT2D eigenvalue weighted by Crippen LogP contribution is -2.46. The zero-order valence-electron chi connectivity index (χ0n) is 14.6. The van der Waals surface area contributed by atoms with Crippen molar-refractivity contribution in [2.45, 2.75) is 63.4 Å². The first-order valence-corrected chi connectivity index (χ1v) is 9.18. The van der Waals surface area contributed by atoms with Crippen LogP contribution in [0.25, 0.3) is 0 Å². The van der Waals surface area contributed by atoms with E-state index in [2.05, 4.69) is 13.8 Å². The second kappa shape index (κ2) is 6.18. The van der Waals surface area contributed by atoms with Gasteiger partial charge in [0.1, 0.15) is 5.60 Å². The number of hydrogen-bond acceptors (Lipinski definition) is 3. The van der Waals surface area contributed by atoms with Crippen LogP contribution < -0.4 is 0 Å². The van der Waals surface area contributed by atoms with Crippen LogP contribution in [0, 0.1) is 11.8 Å². The van der Waals surface area contributed by atoms with Crippen molar-refractivity contribution in [1.29, 1.82) is 0 Å². The Labute approximate surface area is 148 Å². The van der Waals surface area contributed by atoms with Crippen LogP contribution in [0.15, 0.2) is 24.3 Å². The van der Waals surface area contributed by atoms with Crippen LogP contribution in [0.5, 0.6) is 0 Å². The summed E-state index contributed by atoms with van der Waals surface area (Å²) in [7, 11) is 0. The lowest BCUT2D eigenvalue weighted by molar-refractivity contribution is -0.164. The second-order valence-electron chi connectivity index (χ2n) is 7.89. The van der Waals surface area contributed by atoms with Gasteiger partial charge < -0.3 is 4.74 Å². The third-order valence-electron chi connectivity index (χ3n) is 5.75. The number of fused-ring (bicyclic) bond motifs is 1. The van der Waals surface area contributed by atoms with E-state index < -0.39 is 16.4 Å². The number of ketones is 1. The van der Waals surface area contributed by atoms with Crippen molar-refractivity contribution in [3.8, 4) is 0 Å². The minimum Gasteiger partial charge on any atom is -0.458 e. The van der Waals surface area contributed by atoms with Crippen molar-refractivity contribution in [3.63, 3.8) is 0 Å².